The van der Waals surface area contributed by atoms with Crippen molar-refractivity contribution in [2.75, 3.05) is 0 Å². The van der Waals surface area contributed by atoms with Gasteiger partial charge in [0.1, 0.15) is 0 Å². The van der Waals surface area contributed by atoms with Crippen LogP contribution in [0.5, 0.6) is 0 Å². The Kier molecular flexibility index (Phi) is 5.80. The van der Waals surface area contributed by atoms with E-state index in [2.05, 4.69) is 42.4 Å². The number of H-pyrrole nitrogens is 1. The van der Waals surface area contributed by atoms with Gasteiger partial charge in [0.15, 0.2) is 0 Å². The molecule has 0 spiro atoms. The van der Waals surface area contributed by atoms with Gasteiger partial charge in [-0.15, -0.1) is 0 Å². The van der Waals surface area contributed by atoms with Crippen molar-refractivity contribution in [3.05, 3.63) is 46.6 Å². The molecule has 0 atom stereocenters. The summed E-state index contributed by atoms with van der Waals surface area (Å²) in [5.41, 5.74) is 7.25. The fourth-order valence-corrected chi connectivity index (χ4v) is 1.66. The van der Waals surface area contributed by atoms with Gasteiger partial charge in [-0.3, -0.25) is 0 Å². The quantitative estimate of drug-likeness (QED) is 0.676. The van der Waals surface area contributed by atoms with Gasteiger partial charge in [0.05, 0.1) is 10.6 Å². The Hall–Kier alpha value is -1.94. The van der Waals surface area contributed by atoms with E-state index in [1.54, 1.807) is 0 Å². The second-order valence-electron chi connectivity index (χ2n) is 3.77. The van der Waals surface area contributed by atoms with Crippen LogP contribution in [0.4, 0.5) is 0 Å². The lowest BCUT2D eigenvalue weighted by atomic mass is 10.2. The zero-order valence-electron chi connectivity index (χ0n) is 11.7. The number of aromatic nitrogens is 1. The maximum Gasteiger partial charge on any atom is 0.0577 e. The monoisotopic (exact) mass is 241 g/mol. The van der Waals surface area contributed by atoms with Gasteiger partial charge < -0.3 is 4.98 Å². The molecule has 1 heteroatoms. The standard InChI is InChI=1S/C12H7N.C3H8.C2H6.H2/c1-3-7-11-9(5-1)10-6-2-4-8-12(10)13-11;1-3-2;1-2;/h1,3-5,7-8,13H;3H2,1-2H3;1-2H3;1H. The maximum absolute atomic E-state index is 3.33. The molecular weight excluding hydrogens is 218 g/mol. The molecule has 0 unspecified atom stereocenters. The zero-order valence-corrected chi connectivity index (χ0v) is 11.7. The van der Waals surface area contributed by atoms with E-state index in [1.165, 1.54) is 11.8 Å². The molecule has 1 nitrogen and oxygen atoms in total. The van der Waals surface area contributed by atoms with Gasteiger partial charge >= 0.3 is 0 Å². The third-order valence-corrected chi connectivity index (χ3v) is 2.27. The lowest BCUT2D eigenvalue weighted by Crippen LogP contribution is -2.21. The first-order chi connectivity index (χ1) is 8.86. The molecule has 0 saturated heterocycles. The fourth-order valence-electron chi connectivity index (χ4n) is 1.66. The first kappa shape index (κ1) is 14.1. The number of hydrogen-bond acceptors (Lipinski definition) is 0. The first-order valence-electron chi connectivity index (χ1n) is 6.65. The molecule has 0 saturated carbocycles. The molecule has 3 rings (SSSR count). The molecule has 1 heterocycles. The summed E-state index contributed by atoms with van der Waals surface area (Å²) in [5.74, 6) is 0. The number of aromatic amines is 1. The second-order valence-corrected chi connectivity index (χ2v) is 3.77. The molecule has 1 N–H and O–H groups in total. The van der Waals surface area contributed by atoms with E-state index in [4.69, 9.17) is 0 Å². The molecule has 1 aromatic heterocycles. The molecule has 96 valence electrons. The highest BCUT2D eigenvalue weighted by Crippen LogP contribution is 2.03. The number of para-hydroxylation sites is 1. The van der Waals surface area contributed by atoms with E-state index in [0.29, 0.717) is 0 Å². The van der Waals surface area contributed by atoms with Gasteiger partial charge in [-0.05, 0) is 18.2 Å². The maximum atomic E-state index is 3.33. The third-order valence-electron chi connectivity index (χ3n) is 2.27. The van der Waals surface area contributed by atoms with Crippen LogP contribution in [-0.4, -0.2) is 4.98 Å². The topological polar surface area (TPSA) is 15.8 Å². The fraction of sp³-hybridized carbons (Fsp3) is 0.294. The highest BCUT2D eigenvalue weighted by molar-refractivity contribution is 5.81. The van der Waals surface area contributed by atoms with Crippen molar-refractivity contribution in [2.45, 2.75) is 34.1 Å². The van der Waals surface area contributed by atoms with E-state index in [9.17, 15) is 0 Å². The SMILES string of the molecule is C1=C=c2c([nH]c3ccccc23)=CC=1.CC.CCC.[HH]. The summed E-state index contributed by atoms with van der Waals surface area (Å²) in [6, 6.07) is 8.24. The highest BCUT2D eigenvalue weighted by atomic mass is 14.7. The number of benzene rings is 1. The summed E-state index contributed by atoms with van der Waals surface area (Å²) < 4.78 is 0. The number of fused-ring (bicyclic) bond motifs is 3. The van der Waals surface area contributed by atoms with Crippen molar-refractivity contribution in [3.63, 3.8) is 0 Å². The summed E-state index contributed by atoms with van der Waals surface area (Å²) in [7, 11) is 0. The summed E-state index contributed by atoms with van der Waals surface area (Å²) in [5, 5.41) is 3.47. The normalized spacial score (nSPS) is 10.2. The van der Waals surface area contributed by atoms with Gasteiger partial charge in [0.2, 0.25) is 0 Å². The van der Waals surface area contributed by atoms with Crippen LogP contribution in [0.2, 0.25) is 0 Å². The van der Waals surface area contributed by atoms with Crippen LogP contribution < -0.4 is 10.6 Å². The Bertz CT molecular complexity index is 682. The van der Waals surface area contributed by atoms with Crippen LogP contribution in [-0.2, 0) is 0 Å². The lowest BCUT2D eigenvalue weighted by Gasteiger charge is -1.83. The summed E-state index contributed by atoms with van der Waals surface area (Å²) in [4.78, 5) is 3.33. The van der Waals surface area contributed by atoms with E-state index >= 15 is 0 Å². The third kappa shape index (κ3) is 3.05. The van der Waals surface area contributed by atoms with Crippen LogP contribution in [0, 0.1) is 0 Å². The van der Waals surface area contributed by atoms with Crippen molar-refractivity contribution in [1.82, 2.24) is 4.98 Å². The molecule has 1 aliphatic rings. The van der Waals surface area contributed by atoms with Crippen molar-refractivity contribution >= 4 is 22.7 Å². The van der Waals surface area contributed by atoms with Gasteiger partial charge in [0, 0.05) is 12.3 Å². The minimum Gasteiger partial charge on any atom is -0.354 e. The van der Waals surface area contributed by atoms with E-state index in [1.807, 2.05) is 38.1 Å². The van der Waals surface area contributed by atoms with Crippen molar-refractivity contribution in [1.29, 1.82) is 0 Å². The van der Waals surface area contributed by atoms with Crippen LogP contribution in [0.1, 0.15) is 35.5 Å². The van der Waals surface area contributed by atoms with Gasteiger partial charge in [-0.1, -0.05) is 63.8 Å². The molecule has 1 aliphatic carbocycles. The van der Waals surface area contributed by atoms with Crippen molar-refractivity contribution < 1.29 is 1.43 Å². The minimum absolute atomic E-state index is 0. The van der Waals surface area contributed by atoms with E-state index in [0.717, 1.165) is 16.1 Å². The highest BCUT2D eigenvalue weighted by Gasteiger charge is 1.97. The Morgan fingerprint density at radius 2 is 1.83 bits per heavy atom. The largest absolute Gasteiger partial charge is 0.354 e. The number of hydrogen-bond donors (Lipinski definition) is 1. The average Bonchev–Trinajstić information content (AvgIpc) is 2.80. The minimum atomic E-state index is 0. The Morgan fingerprint density at radius 3 is 2.56 bits per heavy atom. The van der Waals surface area contributed by atoms with E-state index < -0.39 is 0 Å². The van der Waals surface area contributed by atoms with Crippen LogP contribution in [0.3, 0.4) is 0 Å². The zero-order chi connectivity index (χ0) is 13.4. The molecule has 0 bridgehead atoms. The van der Waals surface area contributed by atoms with Crippen molar-refractivity contribution in [2.24, 2.45) is 0 Å². The molecule has 0 fully saturated rings. The number of allylic oxidation sites excluding steroid dienone is 1. The predicted octanol–water partition coefficient (Wildman–Crippen LogP) is 3.74. The van der Waals surface area contributed by atoms with E-state index in [-0.39, 0.29) is 1.43 Å². The Morgan fingerprint density at radius 1 is 1.17 bits per heavy atom. The molecule has 1 aromatic carbocycles. The van der Waals surface area contributed by atoms with Crippen molar-refractivity contribution in [3.8, 4) is 0 Å². The van der Waals surface area contributed by atoms with Crippen LogP contribution in [0.15, 0.2) is 36.1 Å². The smallest absolute Gasteiger partial charge is 0.0577 e. The Labute approximate surface area is 110 Å². The van der Waals surface area contributed by atoms with Crippen LogP contribution in [0.25, 0.3) is 22.7 Å². The molecule has 0 radical (unpaired) electrons. The summed E-state index contributed by atoms with van der Waals surface area (Å²) in [6.45, 7) is 8.25. The Balaban J connectivity index is 0.000000483. The lowest BCUT2D eigenvalue weighted by molar-refractivity contribution is 1.09. The molecule has 0 aliphatic heterocycles. The molecule has 2 aromatic rings. The second kappa shape index (κ2) is 7.40. The van der Waals surface area contributed by atoms with Crippen LogP contribution >= 0.6 is 0 Å². The predicted molar refractivity (Wildman–Crippen MR) is 82.9 cm³/mol. The molecular formula is C17H23N. The molecule has 18 heavy (non-hydrogen) atoms. The first-order valence-corrected chi connectivity index (χ1v) is 6.65. The summed E-state index contributed by atoms with van der Waals surface area (Å²) in [6.07, 6.45) is 5.14. The van der Waals surface area contributed by atoms with Gasteiger partial charge in [-0.2, -0.15) is 0 Å². The number of nitrogens with one attached hydrogen (secondary N) is 1. The van der Waals surface area contributed by atoms with Gasteiger partial charge in [-0.25, -0.2) is 0 Å². The van der Waals surface area contributed by atoms with Gasteiger partial charge in [0.25, 0.3) is 0 Å². The number of rotatable bonds is 0. The average molecular weight is 241 g/mol. The molecule has 0 amide bonds. The summed E-state index contributed by atoms with van der Waals surface area (Å²) >= 11 is 0.